The fourth-order valence-electron chi connectivity index (χ4n) is 3.08. The van der Waals surface area contributed by atoms with Crippen molar-refractivity contribution in [2.24, 2.45) is 0 Å². The molecular weight excluding hydrogens is 392 g/mol. The maximum absolute atomic E-state index is 13.1. The molecule has 0 atom stereocenters. The molecule has 3 aromatic heterocycles. The number of furan rings is 1. The molecule has 1 amide bonds. The number of ether oxygens (including phenoxy) is 1. The molecule has 7 nitrogen and oxygen atoms in total. The van der Waals surface area contributed by atoms with E-state index in [-0.39, 0.29) is 11.9 Å². The van der Waals surface area contributed by atoms with Crippen molar-refractivity contribution in [1.29, 1.82) is 0 Å². The van der Waals surface area contributed by atoms with E-state index < -0.39 is 0 Å². The number of fused-ring (bicyclic) bond motifs is 1. The predicted molar refractivity (Wildman–Crippen MR) is 112 cm³/mol. The molecule has 148 valence electrons. The largest absolute Gasteiger partial charge is 0.495 e. The number of nitrogens with one attached hydrogen (secondary N) is 1. The number of halogens is 1. The van der Waals surface area contributed by atoms with Crippen molar-refractivity contribution in [1.82, 2.24) is 14.8 Å². The quantitative estimate of drug-likeness (QED) is 0.489. The molecule has 29 heavy (non-hydrogen) atoms. The van der Waals surface area contributed by atoms with E-state index in [9.17, 15) is 4.79 Å². The number of carbonyl (C=O) groups excluding carboxylic acids is 1. The van der Waals surface area contributed by atoms with Gasteiger partial charge in [-0.1, -0.05) is 11.6 Å². The van der Waals surface area contributed by atoms with Gasteiger partial charge in [-0.2, -0.15) is 5.10 Å². The first kappa shape index (κ1) is 19.0. The van der Waals surface area contributed by atoms with Crippen LogP contribution in [0.25, 0.3) is 22.5 Å². The van der Waals surface area contributed by atoms with Crippen LogP contribution in [0.15, 0.2) is 53.3 Å². The highest BCUT2D eigenvalue weighted by atomic mass is 35.5. The van der Waals surface area contributed by atoms with Crippen LogP contribution >= 0.6 is 11.6 Å². The number of benzene rings is 1. The van der Waals surface area contributed by atoms with Gasteiger partial charge in [-0.15, -0.1) is 0 Å². The van der Waals surface area contributed by atoms with Crippen molar-refractivity contribution in [2.75, 3.05) is 12.4 Å². The number of anilines is 1. The van der Waals surface area contributed by atoms with Crippen molar-refractivity contribution in [3.63, 3.8) is 0 Å². The molecule has 0 spiro atoms. The van der Waals surface area contributed by atoms with E-state index >= 15 is 0 Å². The maximum atomic E-state index is 13.1. The highest BCUT2D eigenvalue weighted by Crippen LogP contribution is 2.29. The Morgan fingerprint density at radius 3 is 2.76 bits per heavy atom. The van der Waals surface area contributed by atoms with Gasteiger partial charge in [0.05, 0.1) is 35.5 Å². The Labute approximate surface area is 172 Å². The molecule has 3 heterocycles. The summed E-state index contributed by atoms with van der Waals surface area (Å²) in [7, 11) is 1.54. The minimum Gasteiger partial charge on any atom is -0.495 e. The Bertz CT molecular complexity index is 1180. The van der Waals surface area contributed by atoms with Gasteiger partial charge in [-0.05, 0) is 50.2 Å². The molecule has 4 rings (SSSR count). The van der Waals surface area contributed by atoms with Crippen LogP contribution in [0.2, 0.25) is 5.02 Å². The lowest BCUT2D eigenvalue weighted by molar-refractivity contribution is 0.102. The number of hydrogen-bond donors (Lipinski definition) is 1. The summed E-state index contributed by atoms with van der Waals surface area (Å²) >= 11 is 6.17. The number of nitrogens with zero attached hydrogens (tertiary/aromatic N) is 3. The van der Waals surface area contributed by atoms with Gasteiger partial charge in [0.2, 0.25) is 0 Å². The van der Waals surface area contributed by atoms with Gasteiger partial charge in [-0.3, -0.25) is 4.79 Å². The lowest BCUT2D eigenvalue weighted by Crippen LogP contribution is -2.13. The molecule has 0 aliphatic heterocycles. The zero-order valence-corrected chi connectivity index (χ0v) is 16.9. The average molecular weight is 411 g/mol. The van der Waals surface area contributed by atoms with E-state index in [1.54, 1.807) is 53.5 Å². The van der Waals surface area contributed by atoms with E-state index in [1.807, 2.05) is 13.8 Å². The van der Waals surface area contributed by atoms with Gasteiger partial charge in [0, 0.05) is 11.7 Å². The number of methoxy groups -OCH3 is 1. The van der Waals surface area contributed by atoms with Gasteiger partial charge in [-0.25, -0.2) is 9.67 Å². The number of amides is 1. The van der Waals surface area contributed by atoms with Crippen LogP contribution in [0.3, 0.4) is 0 Å². The normalized spacial score (nSPS) is 11.2. The van der Waals surface area contributed by atoms with Crippen LogP contribution < -0.4 is 10.1 Å². The summed E-state index contributed by atoms with van der Waals surface area (Å²) in [6.45, 7) is 4.01. The number of aromatic nitrogens is 3. The van der Waals surface area contributed by atoms with E-state index in [2.05, 4.69) is 15.4 Å². The summed E-state index contributed by atoms with van der Waals surface area (Å²) in [4.78, 5) is 17.8. The first-order valence-electron chi connectivity index (χ1n) is 9.05. The number of rotatable bonds is 5. The number of pyridine rings is 1. The van der Waals surface area contributed by atoms with Crippen LogP contribution in [0.5, 0.6) is 5.75 Å². The van der Waals surface area contributed by atoms with Crippen LogP contribution in [-0.4, -0.2) is 27.8 Å². The molecule has 0 aliphatic carbocycles. The summed E-state index contributed by atoms with van der Waals surface area (Å²) < 4.78 is 12.4. The number of carbonyl (C=O) groups is 1. The third kappa shape index (κ3) is 3.56. The van der Waals surface area contributed by atoms with Gasteiger partial charge in [0.15, 0.2) is 11.4 Å². The first-order chi connectivity index (χ1) is 14.0. The monoisotopic (exact) mass is 410 g/mol. The molecule has 0 radical (unpaired) electrons. The van der Waals surface area contributed by atoms with Crippen LogP contribution in [0, 0.1) is 0 Å². The van der Waals surface area contributed by atoms with Crippen molar-refractivity contribution in [2.45, 2.75) is 19.9 Å². The highest BCUT2D eigenvalue weighted by Gasteiger charge is 2.19. The fourth-order valence-corrected chi connectivity index (χ4v) is 3.33. The molecule has 0 bridgehead atoms. The van der Waals surface area contributed by atoms with Crippen molar-refractivity contribution in [3.8, 4) is 17.2 Å². The standard InChI is InChI=1S/C21H19ClN4O3/c1-12(2)26-20-15(11-23-26)14(10-17(25-20)19-5-4-8-29-19)21(27)24-13-6-7-18(28-3)16(22)9-13/h4-12H,1-3H3,(H,24,27). The molecule has 4 aromatic rings. The van der Waals surface area contributed by atoms with E-state index in [0.29, 0.717) is 44.5 Å². The Morgan fingerprint density at radius 1 is 1.28 bits per heavy atom. The van der Waals surface area contributed by atoms with E-state index in [0.717, 1.165) is 0 Å². The number of hydrogen-bond acceptors (Lipinski definition) is 5. The molecule has 0 saturated carbocycles. The second kappa shape index (κ2) is 7.60. The lowest BCUT2D eigenvalue weighted by Gasteiger charge is -2.11. The zero-order valence-electron chi connectivity index (χ0n) is 16.1. The van der Waals surface area contributed by atoms with Crippen molar-refractivity contribution < 1.29 is 13.9 Å². The molecule has 0 unspecified atom stereocenters. The van der Waals surface area contributed by atoms with Crippen molar-refractivity contribution in [3.05, 3.63) is 59.4 Å². The van der Waals surface area contributed by atoms with Crippen molar-refractivity contribution >= 4 is 34.2 Å². The molecule has 1 aromatic carbocycles. The second-order valence-corrected chi connectivity index (χ2v) is 7.16. The topological polar surface area (TPSA) is 82.2 Å². The SMILES string of the molecule is COc1ccc(NC(=O)c2cc(-c3ccco3)nc3c2cnn3C(C)C)cc1Cl. The zero-order chi connectivity index (χ0) is 20.5. The van der Waals surface area contributed by atoms with Gasteiger partial charge in [0.1, 0.15) is 11.4 Å². The highest BCUT2D eigenvalue weighted by molar-refractivity contribution is 6.32. The molecule has 0 fully saturated rings. The Balaban J connectivity index is 1.79. The van der Waals surface area contributed by atoms with Crippen LogP contribution in [0.4, 0.5) is 5.69 Å². The van der Waals surface area contributed by atoms with Crippen LogP contribution in [0.1, 0.15) is 30.2 Å². The smallest absolute Gasteiger partial charge is 0.256 e. The Kier molecular flexibility index (Phi) is 4.98. The Hall–Kier alpha value is -3.32. The summed E-state index contributed by atoms with van der Waals surface area (Å²) in [6.07, 6.45) is 3.23. The van der Waals surface area contributed by atoms with E-state index in [4.69, 9.17) is 20.8 Å². The molecule has 8 heteroatoms. The molecule has 0 aliphatic rings. The molecular formula is C21H19ClN4O3. The Morgan fingerprint density at radius 2 is 2.10 bits per heavy atom. The fraction of sp³-hybridized carbons (Fsp3) is 0.190. The second-order valence-electron chi connectivity index (χ2n) is 6.76. The third-order valence-electron chi connectivity index (χ3n) is 4.48. The lowest BCUT2D eigenvalue weighted by atomic mass is 10.1. The average Bonchev–Trinajstić information content (AvgIpc) is 3.37. The first-order valence-corrected chi connectivity index (χ1v) is 9.42. The van der Waals surface area contributed by atoms with Gasteiger partial charge < -0.3 is 14.5 Å². The summed E-state index contributed by atoms with van der Waals surface area (Å²) in [5, 5.41) is 8.36. The van der Waals surface area contributed by atoms with E-state index in [1.165, 1.54) is 7.11 Å². The summed E-state index contributed by atoms with van der Waals surface area (Å²) in [5.41, 5.74) is 2.18. The maximum Gasteiger partial charge on any atom is 0.256 e. The third-order valence-corrected chi connectivity index (χ3v) is 4.78. The summed E-state index contributed by atoms with van der Waals surface area (Å²) in [6, 6.07) is 10.4. The van der Waals surface area contributed by atoms with Gasteiger partial charge in [0.25, 0.3) is 5.91 Å². The minimum absolute atomic E-state index is 0.0863. The molecule has 1 N–H and O–H groups in total. The van der Waals surface area contributed by atoms with Crippen LogP contribution in [-0.2, 0) is 0 Å². The minimum atomic E-state index is -0.297. The molecule has 0 saturated heterocycles. The summed E-state index contributed by atoms with van der Waals surface area (Å²) in [5.74, 6) is 0.814. The van der Waals surface area contributed by atoms with Gasteiger partial charge >= 0.3 is 0 Å². The predicted octanol–water partition coefficient (Wildman–Crippen LogP) is 5.19.